The Bertz CT molecular complexity index is 2920. The lowest BCUT2D eigenvalue weighted by Crippen LogP contribution is -2.32. The third-order valence-electron chi connectivity index (χ3n) is 12.8. The second kappa shape index (κ2) is 13.6. The van der Waals surface area contributed by atoms with Crippen LogP contribution in [0.4, 0.5) is 11.4 Å². The Morgan fingerprint density at radius 1 is 0.500 bits per heavy atom. The van der Waals surface area contributed by atoms with Gasteiger partial charge >= 0.3 is 0 Å². The molecule has 278 valence electrons. The molecule has 0 saturated heterocycles. The summed E-state index contributed by atoms with van der Waals surface area (Å²) in [5.74, 6) is 0. The lowest BCUT2D eigenvalue weighted by atomic mass is 9.67. The molecule has 11 rings (SSSR count). The van der Waals surface area contributed by atoms with Crippen LogP contribution >= 0.6 is 11.8 Å². The lowest BCUT2D eigenvalue weighted by Gasteiger charge is -2.40. The van der Waals surface area contributed by atoms with Crippen molar-refractivity contribution in [1.29, 1.82) is 0 Å². The standard InChI is InChI=1S/C56H43NS/c1-55(2,41-21-5-3-6-22-41)52-36-39-19-10-9-18-38(39)35-47(52)40-20-17-25-43(34-40)57(42-23-7-4-8-24-42)44-32-33-51-54(37-44)58-53-31-16-15-30-50(53)56(51)48-28-13-11-26-45(48)46-27-12-14-29-49(46)56/h3,5-7,9-37H,4,8H2,1-2H3. The quantitative estimate of drug-likeness (QED) is 0.166. The molecule has 0 unspecified atom stereocenters. The second-order valence-electron chi connectivity index (χ2n) is 16.4. The van der Waals surface area contributed by atoms with Crippen molar-refractivity contribution in [3.05, 3.63) is 239 Å². The van der Waals surface area contributed by atoms with Crippen molar-refractivity contribution in [2.45, 2.75) is 47.3 Å². The van der Waals surface area contributed by atoms with Gasteiger partial charge < -0.3 is 4.90 Å². The molecule has 2 aliphatic carbocycles. The van der Waals surface area contributed by atoms with E-state index >= 15 is 0 Å². The first-order valence-electron chi connectivity index (χ1n) is 20.5. The molecule has 1 nitrogen and oxygen atoms in total. The maximum absolute atomic E-state index is 2.48. The van der Waals surface area contributed by atoms with Gasteiger partial charge in [-0.3, -0.25) is 0 Å². The molecule has 0 saturated carbocycles. The van der Waals surface area contributed by atoms with Crippen molar-refractivity contribution in [2.24, 2.45) is 0 Å². The molecule has 58 heavy (non-hydrogen) atoms. The van der Waals surface area contributed by atoms with E-state index in [0.717, 1.165) is 18.5 Å². The maximum Gasteiger partial charge on any atom is 0.0735 e. The molecule has 2 heteroatoms. The van der Waals surface area contributed by atoms with Gasteiger partial charge in [-0.1, -0.05) is 177 Å². The summed E-state index contributed by atoms with van der Waals surface area (Å²) in [7, 11) is 0. The molecular weight excluding hydrogens is 719 g/mol. The van der Waals surface area contributed by atoms with E-state index in [1.165, 1.54) is 87.6 Å². The summed E-state index contributed by atoms with van der Waals surface area (Å²) in [4.78, 5) is 5.09. The highest BCUT2D eigenvalue weighted by Crippen LogP contribution is 2.62. The van der Waals surface area contributed by atoms with E-state index in [4.69, 9.17) is 0 Å². The molecule has 0 amide bonds. The Labute approximate surface area is 346 Å². The Morgan fingerprint density at radius 2 is 1.14 bits per heavy atom. The fourth-order valence-electron chi connectivity index (χ4n) is 10.0. The van der Waals surface area contributed by atoms with E-state index in [2.05, 4.69) is 219 Å². The number of nitrogens with zero attached hydrogens (tertiary/aromatic N) is 1. The largest absolute Gasteiger partial charge is 0.311 e. The van der Waals surface area contributed by atoms with E-state index in [-0.39, 0.29) is 5.41 Å². The molecule has 0 bridgehead atoms. The van der Waals surface area contributed by atoms with Gasteiger partial charge in [-0.2, -0.15) is 0 Å². The van der Waals surface area contributed by atoms with Crippen LogP contribution in [0, 0.1) is 0 Å². The predicted molar refractivity (Wildman–Crippen MR) is 244 cm³/mol. The number of anilines is 2. The van der Waals surface area contributed by atoms with Crippen molar-refractivity contribution in [3.8, 4) is 22.3 Å². The van der Waals surface area contributed by atoms with Crippen molar-refractivity contribution < 1.29 is 0 Å². The van der Waals surface area contributed by atoms with Crippen LogP contribution in [-0.4, -0.2) is 0 Å². The topological polar surface area (TPSA) is 3.24 Å². The van der Waals surface area contributed by atoms with Crippen LogP contribution in [-0.2, 0) is 10.8 Å². The van der Waals surface area contributed by atoms with Gasteiger partial charge in [0, 0.05) is 32.3 Å². The average Bonchev–Trinajstić information content (AvgIpc) is 3.57. The number of benzene rings is 8. The van der Waals surface area contributed by atoms with Gasteiger partial charge in [0.1, 0.15) is 0 Å². The summed E-state index contributed by atoms with van der Waals surface area (Å²) in [6.45, 7) is 4.72. The Hall–Kier alpha value is -6.35. The zero-order valence-corrected chi connectivity index (χ0v) is 33.6. The summed E-state index contributed by atoms with van der Waals surface area (Å²) in [6.07, 6.45) is 9.11. The third-order valence-corrected chi connectivity index (χ3v) is 13.9. The van der Waals surface area contributed by atoms with Crippen LogP contribution < -0.4 is 4.90 Å². The van der Waals surface area contributed by atoms with Crippen molar-refractivity contribution in [3.63, 3.8) is 0 Å². The maximum atomic E-state index is 2.48. The van der Waals surface area contributed by atoms with Gasteiger partial charge in [-0.15, -0.1) is 0 Å². The summed E-state index contributed by atoms with van der Waals surface area (Å²) >= 11 is 1.91. The third kappa shape index (κ3) is 5.32. The van der Waals surface area contributed by atoms with Gasteiger partial charge in [0.25, 0.3) is 0 Å². The molecule has 1 spiro atoms. The molecule has 0 radical (unpaired) electrons. The normalized spacial score (nSPS) is 14.7. The average molecular weight is 762 g/mol. The van der Waals surface area contributed by atoms with Gasteiger partial charge in [0.2, 0.25) is 0 Å². The molecule has 0 atom stereocenters. The van der Waals surface area contributed by atoms with Crippen molar-refractivity contribution in [1.82, 2.24) is 0 Å². The highest BCUT2D eigenvalue weighted by molar-refractivity contribution is 7.99. The van der Waals surface area contributed by atoms with Gasteiger partial charge in [0.15, 0.2) is 0 Å². The van der Waals surface area contributed by atoms with Crippen LogP contribution in [0.3, 0.4) is 0 Å². The van der Waals surface area contributed by atoms with Gasteiger partial charge in [-0.05, 0) is 128 Å². The second-order valence-corrected chi connectivity index (χ2v) is 17.4. The lowest BCUT2D eigenvalue weighted by molar-refractivity contribution is 0.643. The van der Waals surface area contributed by atoms with Crippen molar-refractivity contribution in [2.75, 3.05) is 4.90 Å². The van der Waals surface area contributed by atoms with Gasteiger partial charge in [0.05, 0.1) is 5.41 Å². The molecule has 1 heterocycles. The zero-order chi connectivity index (χ0) is 38.8. The Balaban J connectivity index is 1.10. The van der Waals surface area contributed by atoms with Crippen molar-refractivity contribution >= 4 is 33.9 Å². The number of rotatable bonds is 6. The summed E-state index contributed by atoms with van der Waals surface area (Å²) in [6, 6.07) is 68.2. The Morgan fingerprint density at radius 3 is 1.88 bits per heavy atom. The molecular formula is C56H43NS. The first-order chi connectivity index (χ1) is 28.5. The molecule has 8 aromatic rings. The summed E-state index contributed by atoms with van der Waals surface area (Å²) < 4.78 is 0. The van der Waals surface area contributed by atoms with E-state index in [1.807, 2.05) is 11.8 Å². The van der Waals surface area contributed by atoms with E-state index in [9.17, 15) is 0 Å². The molecule has 0 fully saturated rings. The number of allylic oxidation sites excluding steroid dienone is 3. The Kier molecular flexibility index (Phi) is 8.20. The summed E-state index contributed by atoms with van der Waals surface area (Å²) in [5.41, 5.74) is 16.1. The van der Waals surface area contributed by atoms with E-state index in [1.54, 1.807) is 0 Å². The minimum atomic E-state index is -0.393. The fourth-order valence-corrected chi connectivity index (χ4v) is 11.2. The van der Waals surface area contributed by atoms with E-state index < -0.39 is 5.41 Å². The number of hydrogen-bond acceptors (Lipinski definition) is 2. The van der Waals surface area contributed by atoms with Gasteiger partial charge in [-0.25, -0.2) is 0 Å². The van der Waals surface area contributed by atoms with E-state index in [0.29, 0.717) is 0 Å². The minimum absolute atomic E-state index is 0.218. The molecule has 0 aromatic heterocycles. The smallest absolute Gasteiger partial charge is 0.0735 e. The molecule has 8 aromatic carbocycles. The molecule has 3 aliphatic rings. The fraction of sp³-hybridized carbons (Fsp3) is 0.107. The first kappa shape index (κ1) is 34.9. The molecule has 1 aliphatic heterocycles. The highest BCUT2D eigenvalue weighted by Gasteiger charge is 2.50. The zero-order valence-electron chi connectivity index (χ0n) is 32.8. The van der Waals surface area contributed by atoms with Crippen LogP contribution in [0.1, 0.15) is 60.1 Å². The molecule has 0 N–H and O–H groups in total. The minimum Gasteiger partial charge on any atom is -0.311 e. The summed E-state index contributed by atoms with van der Waals surface area (Å²) in [5, 5.41) is 2.51. The first-order valence-corrected chi connectivity index (χ1v) is 21.3. The highest BCUT2D eigenvalue weighted by atomic mass is 32.2. The SMILES string of the molecule is CC(C)(c1ccccc1)c1cc2ccccc2cc1-c1cccc(N(C2=CCCC=C2)c2ccc3c(c2)Sc2ccccc2C32c3ccccc3-c3ccccc32)c1. The number of hydrogen-bond donors (Lipinski definition) is 0. The monoisotopic (exact) mass is 761 g/mol. The number of fused-ring (bicyclic) bond motifs is 10. The van der Waals surface area contributed by atoms with Crippen LogP contribution in [0.15, 0.2) is 216 Å². The van der Waals surface area contributed by atoms with Crippen LogP contribution in [0.25, 0.3) is 33.0 Å². The van der Waals surface area contributed by atoms with Crippen LogP contribution in [0.5, 0.6) is 0 Å². The predicted octanol–water partition coefficient (Wildman–Crippen LogP) is 15.0. The van der Waals surface area contributed by atoms with Crippen LogP contribution in [0.2, 0.25) is 0 Å².